The fourth-order valence-electron chi connectivity index (χ4n) is 2.02. The quantitative estimate of drug-likeness (QED) is 0.851. The standard InChI is InChI=1S/C13H15NO5/c1-14(8-2-4-9(15)5-3-8)12(16)10-6-7-11(19-10)13(17)18/h2-5,10-11,15H,6-7H2,1H3,(H,17,18)/t10-,11+/m0/s1. The molecule has 6 heteroatoms. The van der Waals surface area contributed by atoms with E-state index in [4.69, 9.17) is 9.84 Å². The number of anilines is 1. The summed E-state index contributed by atoms with van der Waals surface area (Å²) in [5.41, 5.74) is 0.616. The molecule has 1 heterocycles. The number of carbonyl (C=O) groups is 2. The van der Waals surface area contributed by atoms with Crippen LogP contribution in [0.1, 0.15) is 12.8 Å². The zero-order valence-electron chi connectivity index (χ0n) is 10.4. The van der Waals surface area contributed by atoms with E-state index < -0.39 is 18.2 Å². The zero-order valence-corrected chi connectivity index (χ0v) is 10.4. The number of aliphatic carboxylic acids is 1. The summed E-state index contributed by atoms with van der Waals surface area (Å²) in [5.74, 6) is -1.20. The minimum Gasteiger partial charge on any atom is -0.508 e. The van der Waals surface area contributed by atoms with Crippen LogP contribution < -0.4 is 4.90 Å². The first-order valence-electron chi connectivity index (χ1n) is 5.94. The van der Waals surface area contributed by atoms with E-state index in [9.17, 15) is 14.7 Å². The number of carboxylic acid groups (broad SMARTS) is 1. The lowest BCUT2D eigenvalue weighted by Gasteiger charge is -2.21. The first-order valence-corrected chi connectivity index (χ1v) is 5.94. The van der Waals surface area contributed by atoms with Gasteiger partial charge in [-0.05, 0) is 37.1 Å². The van der Waals surface area contributed by atoms with E-state index >= 15 is 0 Å². The van der Waals surface area contributed by atoms with E-state index in [1.807, 2.05) is 0 Å². The van der Waals surface area contributed by atoms with Crippen molar-refractivity contribution in [2.75, 3.05) is 11.9 Å². The predicted molar refractivity (Wildman–Crippen MR) is 67.0 cm³/mol. The maximum absolute atomic E-state index is 12.1. The van der Waals surface area contributed by atoms with Gasteiger partial charge in [0, 0.05) is 12.7 Å². The highest BCUT2D eigenvalue weighted by atomic mass is 16.5. The Bertz CT molecular complexity index is 484. The molecule has 19 heavy (non-hydrogen) atoms. The summed E-state index contributed by atoms with van der Waals surface area (Å²) in [4.78, 5) is 24.3. The molecule has 102 valence electrons. The highest BCUT2D eigenvalue weighted by Crippen LogP contribution is 2.24. The summed E-state index contributed by atoms with van der Waals surface area (Å²) in [6.45, 7) is 0. The summed E-state index contributed by atoms with van der Waals surface area (Å²) in [7, 11) is 1.59. The fourth-order valence-corrected chi connectivity index (χ4v) is 2.02. The Morgan fingerprint density at radius 2 is 1.79 bits per heavy atom. The molecule has 1 fully saturated rings. The molecular formula is C13H15NO5. The van der Waals surface area contributed by atoms with Gasteiger partial charge in [0.1, 0.15) is 11.9 Å². The molecule has 2 rings (SSSR count). The number of rotatable bonds is 3. The highest BCUT2D eigenvalue weighted by Gasteiger charge is 2.36. The maximum atomic E-state index is 12.1. The predicted octanol–water partition coefficient (Wildman–Crippen LogP) is 0.987. The molecule has 2 atom stereocenters. The number of ether oxygens (including phenoxy) is 1. The van der Waals surface area contributed by atoms with Gasteiger partial charge in [0.05, 0.1) is 0 Å². The molecule has 6 nitrogen and oxygen atoms in total. The lowest BCUT2D eigenvalue weighted by atomic mass is 10.1. The Hall–Kier alpha value is -2.08. The number of nitrogens with zero attached hydrogens (tertiary/aromatic N) is 1. The molecule has 0 radical (unpaired) electrons. The van der Waals surface area contributed by atoms with Crippen LogP contribution >= 0.6 is 0 Å². The van der Waals surface area contributed by atoms with Gasteiger partial charge >= 0.3 is 5.97 Å². The Morgan fingerprint density at radius 3 is 2.32 bits per heavy atom. The second-order valence-electron chi connectivity index (χ2n) is 4.44. The first-order chi connectivity index (χ1) is 8.99. The Kier molecular flexibility index (Phi) is 3.71. The number of amides is 1. The molecule has 0 spiro atoms. The van der Waals surface area contributed by atoms with Gasteiger partial charge in [-0.25, -0.2) is 4.79 Å². The number of hydrogen-bond donors (Lipinski definition) is 2. The highest BCUT2D eigenvalue weighted by molar-refractivity contribution is 5.96. The first kappa shape index (κ1) is 13.4. The van der Waals surface area contributed by atoms with Crippen molar-refractivity contribution in [3.8, 4) is 5.75 Å². The van der Waals surface area contributed by atoms with Crippen LogP contribution in [-0.4, -0.2) is 41.3 Å². The van der Waals surface area contributed by atoms with Gasteiger partial charge in [0.25, 0.3) is 5.91 Å². The van der Waals surface area contributed by atoms with E-state index in [-0.39, 0.29) is 11.7 Å². The van der Waals surface area contributed by atoms with Crippen molar-refractivity contribution < 1.29 is 24.5 Å². The number of carbonyl (C=O) groups excluding carboxylic acids is 1. The minimum atomic E-state index is -1.04. The smallest absolute Gasteiger partial charge is 0.332 e. The fraction of sp³-hybridized carbons (Fsp3) is 0.385. The largest absolute Gasteiger partial charge is 0.508 e. The second-order valence-corrected chi connectivity index (χ2v) is 4.44. The molecule has 1 saturated heterocycles. The molecule has 0 saturated carbocycles. The molecule has 0 aliphatic carbocycles. The number of phenols is 1. The zero-order chi connectivity index (χ0) is 14.0. The monoisotopic (exact) mass is 265 g/mol. The van der Waals surface area contributed by atoms with Crippen LogP contribution in [0, 0.1) is 0 Å². The van der Waals surface area contributed by atoms with Gasteiger partial charge in [0.2, 0.25) is 0 Å². The van der Waals surface area contributed by atoms with Crippen LogP contribution in [0.4, 0.5) is 5.69 Å². The molecule has 1 aromatic carbocycles. The molecule has 1 aliphatic heterocycles. The van der Waals surface area contributed by atoms with Gasteiger partial charge in [-0.3, -0.25) is 4.79 Å². The molecule has 2 N–H and O–H groups in total. The number of benzene rings is 1. The van der Waals surface area contributed by atoms with Crippen LogP contribution in [0.2, 0.25) is 0 Å². The molecule has 0 bridgehead atoms. The SMILES string of the molecule is CN(C(=O)[C@@H]1CC[C@H](C(=O)O)O1)c1ccc(O)cc1. The van der Waals surface area contributed by atoms with Crippen molar-refractivity contribution in [1.29, 1.82) is 0 Å². The number of hydrogen-bond acceptors (Lipinski definition) is 4. The summed E-state index contributed by atoms with van der Waals surface area (Å²) in [6.07, 6.45) is -0.880. The normalized spacial score (nSPS) is 22.2. The number of likely N-dealkylation sites (N-methyl/N-ethyl adjacent to an activating group) is 1. The van der Waals surface area contributed by atoms with Gasteiger partial charge in [-0.15, -0.1) is 0 Å². The van der Waals surface area contributed by atoms with Crippen LogP contribution in [-0.2, 0) is 14.3 Å². The minimum absolute atomic E-state index is 0.118. The Morgan fingerprint density at radius 1 is 1.21 bits per heavy atom. The summed E-state index contributed by atoms with van der Waals surface area (Å²) in [6, 6.07) is 6.18. The molecule has 1 amide bonds. The Labute approximate surface area is 110 Å². The Balaban J connectivity index is 2.04. The van der Waals surface area contributed by atoms with Crippen LogP contribution in [0.3, 0.4) is 0 Å². The number of carboxylic acids is 1. The lowest BCUT2D eigenvalue weighted by molar-refractivity contribution is -0.151. The summed E-state index contributed by atoms with van der Waals surface area (Å²) < 4.78 is 5.21. The number of phenolic OH excluding ortho intramolecular Hbond substituents is 1. The van der Waals surface area contributed by atoms with Crippen molar-refractivity contribution in [3.05, 3.63) is 24.3 Å². The third-order valence-corrected chi connectivity index (χ3v) is 3.14. The third-order valence-electron chi connectivity index (χ3n) is 3.14. The van der Waals surface area contributed by atoms with E-state index in [0.717, 1.165) is 0 Å². The van der Waals surface area contributed by atoms with E-state index in [1.165, 1.54) is 17.0 Å². The van der Waals surface area contributed by atoms with Gasteiger partial charge in [-0.1, -0.05) is 0 Å². The molecule has 0 aromatic heterocycles. The van der Waals surface area contributed by atoms with Crippen molar-refractivity contribution in [2.24, 2.45) is 0 Å². The average Bonchev–Trinajstić information content (AvgIpc) is 2.87. The summed E-state index contributed by atoms with van der Waals surface area (Å²) in [5, 5.41) is 18.0. The van der Waals surface area contributed by atoms with Gasteiger partial charge in [-0.2, -0.15) is 0 Å². The lowest BCUT2D eigenvalue weighted by Crippen LogP contribution is -2.37. The van der Waals surface area contributed by atoms with Crippen LogP contribution in [0.15, 0.2) is 24.3 Å². The number of aromatic hydroxyl groups is 1. The van der Waals surface area contributed by atoms with Gasteiger partial charge < -0.3 is 19.8 Å². The summed E-state index contributed by atoms with van der Waals surface area (Å²) >= 11 is 0. The van der Waals surface area contributed by atoms with E-state index in [1.54, 1.807) is 19.2 Å². The average molecular weight is 265 g/mol. The molecule has 1 aromatic rings. The van der Waals surface area contributed by atoms with Crippen molar-refractivity contribution >= 4 is 17.6 Å². The molecule has 1 aliphatic rings. The topological polar surface area (TPSA) is 87.1 Å². The molecule has 0 unspecified atom stereocenters. The van der Waals surface area contributed by atoms with Crippen molar-refractivity contribution in [3.63, 3.8) is 0 Å². The van der Waals surface area contributed by atoms with Gasteiger partial charge in [0.15, 0.2) is 6.10 Å². The van der Waals surface area contributed by atoms with E-state index in [0.29, 0.717) is 18.5 Å². The van der Waals surface area contributed by atoms with Crippen molar-refractivity contribution in [2.45, 2.75) is 25.0 Å². The third kappa shape index (κ3) is 2.85. The maximum Gasteiger partial charge on any atom is 0.332 e. The van der Waals surface area contributed by atoms with Crippen molar-refractivity contribution in [1.82, 2.24) is 0 Å². The second kappa shape index (κ2) is 5.27. The van der Waals surface area contributed by atoms with Crippen LogP contribution in [0.5, 0.6) is 5.75 Å². The molecular weight excluding hydrogens is 250 g/mol. The van der Waals surface area contributed by atoms with E-state index in [2.05, 4.69) is 0 Å². The van der Waals surface area contributed by atoms with Crippen LogP contribution in [0.25, 0.3) is 0 Å².